The van der Waals surface area contributed by atoms with Gasteiger partial charge in [-0.25, -0.2) is 0 Å². The van der Waals surface area contributed by atoms with E-state index < -0.39 is 13.9 Å². The molecule has 1 aromatic rings. The van der Waals surface area contributed by atoms with Crippen molar-refractivity contribution in [2.45, 2.75) is 0 Å². The molecule has 72 valence electrons. The highest BCUT2D eigenvalue weighted by Crippen LogP contribution is 2.28. The first-order valence-corrected chi connectivity index (χ1v) is 6.04. The Bertz CT molecular complexity index is 367. The zero-order chi connectivity index (χ0) is 10.6. The van der Waals surface area contributed by atoms with Gasteiger partial charge in [-0.15, -0.1) is 0 Å². The molecule has 1 atom stereocenters. The zero-order valence-electron chi connectivity index (χ0n) is 7.77. The van der Waals surface area contributed by atoms with Crippen molar-refractivity contribution in [3.63, 3.8) is 0 Å². The van der Waals surface area contributed by atoms with Gasteiger partial charge >= 0.3 is 5.97 Å². The first kappa shape index (κ1) is 10.7. The average molecular weight is 207 g/mol. The molecular formula is C10H10NO2P. The number of nitriles is 1. The van der Waals surface area contributed by atoms with E-state index in [4.69, 9.17) is 10.4 Å². The highest BCUT2D eigenvalue weighted by Gasteiger charge is 2.08. The van der Waals surface area contributed by atoms with Crippen molar-refractivity contribution in [3.8, 4) is 6.07 Å². The summed E-state index contributed by atoms with van der Waals surface area (Å²) in [6.07, 6.45) is 0.182. The molecule has 0 heterocycles. The predicted octanol–water partition coefficient (Wildman–Crippen LogP) is 1.38. The zero-order valence-corrected chi connectivity index (χ0v) is 8.66. The van der Waals surface area contributed by atoms with Gasteiger partial charge in [-0.3, -0.25) is 4.79 Å². The van der Waals surface area contributed by atoms with Gasteiger partial charge in [0, 0.05) is 0 Å². The maximum absolute atomic E-state index is 10.5. The van der Waals surface area contributed by atoms with E-state index in [1.165, 1.54) is 0 Å². The van der Waals surface area contributed by atoms with Crippen LogP contribution in [0.1, 0.15) is 5.56 Å². The summed E-state index contributed by atoms with van der Waals surface area (Å²) in [5.74, 6) is -0.775. The average Bonchev–Trinajstić information content (AvgIpc) is 2.17. The number of rotatable bonds is 3. The van der Waals surface area contributed by atoms with E-state index in [0.717, 1.165) is 5.30 Å². The minimum atomic E-state index is -0.775. The molecule has 3 nitrogen and oxygen atoms in total. The van der Waals surface area contributed by atoms with E-state index in [1.807, 2.05) is 24.9 Å². The van der Waals surface area contributed by atoms with Crippen molar-refractivity contribution in [2.24, 2.45) is 0 Å². The largest absolute Gasteiger partial charge is 0.481 e. The van der Waals surface area contributed by atoms with Crippen LogP contribution in [0.2, 0.25) is 0 Å². The smallest absolute Gasteiger partial charge is 0.308 e. The van der Waals surface area contributed by atoms with Crippen LogP contribution in [0.3, 0.4) is 0 Å². The maximum atomic E-state index is 10.5. The first-order valence-electron chi connectivity index (χ1n) is 4.06. The van der Waals surface area contributed by atoms with Gasteiger partial charge in [0.05, 0.1) is 17.8 Å². The van der Waals surface area contributed by atoms with Gasteiger partial charge in [0.2, 0.25) is 0 Å². The fraction of sp³-hybridized carbons (Fsp3) is 0.200. The van der Waals surface area contributed by atoms with Crippen LogP contribution in [0.15, 0.2) is 24.3 Å². The summed E-state index contributed by atoms with van der Waals surface area (Å²) in [4.78, 5) is 10.5. The summed E-state index contributed by atoms with van der Waals surface area (Å²) in [5.41, 5.74) is 0.604. The monoisotopic (exact) mass is 207 g/mol. The number of nitrogens with zero attached hydrogens (tertiary/aromatic N) is 1. The third kappa shape index (κ3) is 2.83. The van der Waals surface area contributed by atoms with Crippen LogP contribution in [0.4, 0.5) is 0 Å². The van der Waals surface area contributed by atoms with Gasteiger partial charge in [-0.1, -0.05) is 20.1 Å². The molecule has 0 aromatic heterocycles. The molecule has 1 rings (SSSR count). The molecule has 0 saturated heterocycles. The third-order valence-electron chi connectivity index (χ3n) is 1.81. The van der Waals surface area contributed by atoms with Crippen LogP contribution in [0.5, 0.6) is 0 Å². The van der Waals surface area contributed by atoms with Crippen LogP contribution < -0.4 is 5.30 Å². The van der Waals surface area contributed by atoms with Crippen molar-refractivity contribution >= 4 is 19.2 Å². The minimum Gasteiger partial charge on any atom is -0.481 e. The Labute approximate surface area is 83.7 Å². The number of carbonyl (C=O) groups is 1. The molecular weight excluding hydrogens is 197 g/mol. The van der Waals surface area contributed by atoms with E-state index >= 15 is 0 Å². The predicted molar refractivity (Wildman–Crippen MR) is 56.1 cm³/mol. The van der Waals surface area contributed by atoms with Crippen LogP contribution in [-0.2, 0) is 4.79 Å². The highest BCUT2D eigenvalue weighted by molar-refractivity contribution is 7.65. The van der Waals surface area contributed by atoms with E-state index in [2.05, 4.69) is 0 Å². The molecule has 4 heteroatoms. The number of carboxylic acids is 1. The summed E-state index contributed by atoms with van der Waals surface area (Å²) in [7, 11) is -0.641. The van der Waals surface area contributed by atoms with Crippen LogP contribution in [0.25, 0.3) is 0 Å². The molecule has 0 radical (unpaired) electrons. The molecule has 0 fully saturated rings. The van der Waals surface area contributed by atoms with Crippen LogP contribution in [-0.4, -0.2) is 23.9 Å². The lowest BCUT2D eigenvalue weighted by Crippen LogP contribution is -2.08. The Morgan fingerprint density at radius 1 is 1.50 bits per heavy atom. The molecule has 0 aliphatic rings. The molecule has 1 unspecified atom stereocenters. The Hall–Kier alpha value is -1.39. The number of carboxylic acid groups (broad SMARTS) is 1. The molecule has 0 amide bonds. The van der Waals surface area contributed by atoms with E-state index in [9.17, 15) is 4.79 Å². The van der Waals surface area contributed by atoms with Gasteiger partial charge in [-0.2, -0.15) is 5.26 Å². The summed E-state index contributed by atoms with van der Waals surface area (Å²) in [6, 6.07) is 9.11. The van der Waals surface area contributed by atoms with Crippen LogP contribution in [0, 0.1) is 11.3 Å². The molecule has 0 bridgehead atoms. The Balaban J connectivity index is 2.77. The Kier molecular flexibility index (Phi) is 3.62. The standard InChI is InChI=1S/C10H10NO2P/c1-14(7-10(12)13)9-4-2-8(6-11)3-5-9/h2-5H,7H2,1H3,(H,12,13). The minimum absolute atomic E-state index is 0.182. The Morgan fingerprint density at radius 2 is 2.07 bits per heavy atom. The molecule has 0 aliphatic heterocycles. The van der Waals surface area contributed by atoms with Crippen molar-refractivity contribution in [2.75, 3.05) is 12.8 Å². The van der Waals surface area contributed by atoms with Crippen molar-refractivity contribution in [3.05, 3.63) is 29.8 Å². The van der Waals surface area contributed by atoms with Crippen molar-refractivity contribution in [1.29, 1.82) is 5.26 Å². The molecule has 0 spiro atoms. The lowest BCUT2D eigenvalue weighted by Gasteiger charge is -2.08. The van der Waals surface area contributed by atoms with Gasteiger partial charge in [0.15, 0.2) is 0 Å². The van der Waals surface area contributed by atoms with Crippen LogP contribution >= 0.6 is 7.92 Å². The SMILES string of the molecule is CP(CC(=O)O)c1ccc(C#N)cc1. The molecule has 14 heavy (non-hydrogen) atoms. The number of aliphatic carboxylic acids is 1. The lowest BCUT2D eigenvalue weighted by atomic mass is 10.2. The lowest BCUT2D eigenvalue weighted by molar-refractivity contribution is -0.134. The second-order valence-corrected chi connectivity index (χ2v) is 5.14. The molecule has 1 aromatic carbocycles. The second kappa shape index (κ2) is 4.74. The first-order chi connectivity index (χ1) is 6.63. The molecule has 0 aliphatic carbocycles. The fourth-order valence-electron chi connectivity index (χ4n) is 1.08. The summed E-state index contributed by atoms with van der Waals surface area (Å²) in [5, 5.41) is 18.2. The Morgan fingerprint density at radius 3 is 2.50 bits per heavy atom. The van der Waals surface area contributed by atoms with E-state index in [-0.39, 0.29) is 6.16 Å². The quantitative estimate of drug-likeness (QED) is 0.761. The summed E-state index contributed by atoms with van der Waals surface area (Å²) < 4.78 is 0. The third-order valence-corrected chi connectivity index (χ3v) is 3.73. The molecule has 1 N–H and O–H groups in total. The number of hydrogen-bond donors (Lipinski definition) is 1. The summed E-state index contributed by atoms with van der Waals surface area (Å²) >= 11 is 0. The number of hydrogen-bond acceptors (Lipinski definition) is 2. The second-order valence-electron chi connectivity index (χ2n) is 2.91. The van der Waals surface area contributed by atoms with Gasteiger partial charge in [0.25, 0.3) is 0 Å². The van der Waals surface area contributed by atoms with Gasteiger partial charge in [0.1, 0.15) is 0 Å². The fourth-order valence-corrected chi connectivity index (χ4v) is 2.33. The van der Waals surface area contributed by atoms with E-state index in [0.29, 0.717) is 5.56 Å². The normalized spacial score (nSPS) is 11.7. The molecule has 0 saturated carbocycles. The van der Waals surface area contributed by atoms with Crippen molar-refractivity contribution in [1.82, 2.24) is 0 Å². The topological polar surface area (TPSA) is 61.1 Å². The van der Waals surface area contributed by atoms with Gasteiger partial charge in [-0.05, 0) is 24.1 Å². The highest BCUT2D eigenvalue weighted by atomic mass is 31.1. The number of benzene rings is 1. The van der Waals surface area contributed by atoms with E-state index in [1.54, 1.807) is 12.1 Å². The summed E-state index contributed by atoms with van der Waals surface area (Å²) in [6.45, 7) is 1.92. The van der Waals surface area contributed by atoms with Gasteiger partial charge < -0.3 is 5.11 Å². The maximum Gasteiger partial charge on any atom is 0.308 e. The van der Waals surface area contributed by atoms with Crippen molar-refractivity contribution < 1.29 is 9.90 Å².